The third-order valence-corrected chi connectivity index (χ3v) is 3.71. The molecule has 2 aromatic carbocycles. The lowest BCUT2D eigenvalue weighted by Crippen LogP contribution is -2.30. The molecule has 4 nitrogen and oxygen atoms in total. The summed E-state index contributed by atoms with van der Waals surface area (Å²) in [4.78, 5) is 12.3. The first kappa shape index (κ1) is 17.4. The lowest BCUT2D eigenvalue weighted by Gasteiger charge is -2.17. The van der Waals surface area contributed by atoms with Crippen LogP contribution in [0.2, 0.25) is 10.0 Å². The van der Waals surface area contributed by atoms with Gasteiger partial charge in [-0.25, -0.2) is 0 Å². The van der Waals surface area contributed by atoms with E-state index in [0.29, 0.717) is 27.2 Å². The van der Waals surface area contributed by atoms with Crippen molar-refractivity contribution >= 4 is 34.8 Å². The van der Waals surface area contributed by atoms with E-state index >= 15 is 0 Å². The molecule has 0 saturated heterocycles. The summed E-state index contributed by atoms with van der Waals surface area (Å²) in [5.41, 5.74) is 1.60. The van der Waals surface area contributed by atoms with Gasteiger partial charge in [-0.1, -0.05) is 29.3 Å². The minimum Gasteiger partial charge on any atom is -0.495 e. The number of anilines is 1. The first-order valence-corrected chi connectivity index (χ1v) is 7.73. The Balaban J connectivity index is 2.10. The van der Waals surface area contributed by atoms with Crippen LogP contribution in [-0.4, -0.2) is 19.1 Å². The highest BCUT2D eigenvalue weighted by Crippen LogP contribution is 2.29. The summed E-state index contributed by atoms with van der Waals surface area (Å²) in [6, 6.07) is 10.4. The molecule has 0 spiro atoms. The van der Waals surface area contributed by atoms with Crippen LogP contribution in [0.4, 0.5) is 5.69 Å². The third-order valence-electron chi connectivity index (χ3n) is 3.18. The second kappa shape index (κ2) is 7.57. The summed E-state index contributed by atoms with van der Waals surface area (Å²) in [6.45, 7) is 3.57. The van der Waals surface area contributed by atoms with Crippen LogP contribution in [0.15, 0.2) is 36.4 Å². The lowest BCUT2D eigenvalue weighted by molar-refractivity contribution is -0.122. The van der Waals surface area contributed by atoms with Crippen molar-refractivity contribution in [1.29, 1.82) is 0 Å². The summed E-state index contributed by atoms with van der Waals surface area (Å²) in [5.74, 6) is 0.676. The molecule has 0 bridgehead atoms. The van der Waals surface area contributed by atoms with Crippen molar-refractivity contribution in [3.05, 3.63) is 52.0 Å². The smallest absolute Gasteiger partial charge is 0.265 e. The normalized spacial score (nSPS) is 11.7. The maximum atomic E-state index is 12.3. The van der Waals surface area contributed by atoms with Crippen LogP contribution in [0, 0.1) is 6.92 Å². The minimum atomic E-state index is -0.737. The number of rotatable bonds is 5. The highest BCUT2D eigenvalue weighted by molar-refractivity contribution is 6.35. The molecule has 0 aliphatic rings. The highest BCUT2D eigenvalue weighted by Gasteiger charge is 2.18. The SMILES string of the molecule is COc1ccc(C)cc1NC(=O)C(C)Oc1ccc(Cl)cc1Cl. The van der Waals surface area contributed by atoms with Gasteiger partial charge < -0.3 is 14.8 Å². The van der Waals surface area contributed by atoms with Gasteiger partial charge in [-0.2, -0.15) is 0 Å². The number of carbonyl (C=O) groups is 1. The van der Waals surface area contributed by atoms with Crippen LogP contribution in [0.3, 0.4) is 0 Å². The zero-order valence-corrected chi connectivity index (χ0v) is 14.5. The van der Waals surface area contributed by atoms with Crippen molar-refractivity contribution in [3.63, 3.8) is 0 Å². The van der Waals surface area contributed by atoms with E-state index in [1.54, 1.807) is 38.3 Å². The van der Waals surface area contributed by atoms with E-state index in [9.17, 15) is 4.79 Å². The maximum absolute atomic E-state index is 12.3. The van der Waals surface area contributed by atoms with E-state index in [-0.39, 0.29) is 5.91 Å². The van der Waals surface area contributed by atoms with Crippen LogP contribution in [0.5, 0.6) is 11.5 Å². The summed E-state index contributed by atoms with van der Waals surface area (Å²) in [5, 5.41) is 3.65. The molecule has 2 aromatic rings. The summed E-state index contributed by atoms with van der Waals surface area (Å²) < 4.78 is 10.8. The molecule has 23 heavy (non-hydrogen) atoms. The maximum Gasteiger partial charge on any atom is 0.265 e. The van der Waals surface area contributed by atoms with Gasteiger partial charge in [-0.05, 0) is 49.7 Å². The number of nitrogens with one attached hydrogen (secondary N) is 1. The first-order valence-electron chi connectivity index (χ1n) is 6.98. The fourth-order valence-electron chi connectivity index (χ4n) is 1.97. The number of halogens is 2. The van der Waals surface area contributed by atoms with Crippen LogP contribution in [0.1, 0.15) is 12.5 Å². The van der Waals surface area contributed by atoms with Gasteiger partial charge in [-0.15, -0.1) is 0 Å². The fourth-order valence-corrected chi connectivity index (χ4v) is 2.42. The zero-order chi connectivity index (χ0) is 17.0. The van der Waals surface area contributed by atoms with Crippen molar-refractivity contribution in [2.75, 3.05) is 12.4 Å². The topological polar surface area (TPSA) is 47.6 Å². The predicted molar refractivity (Wildman–Crippen MR) is 92.9 cm³/mol. The van der Waals surface area contributed by atoms with Gasteiger partial charge in [0.1, 0.15) is 11.5 Å². The minimum absolute atomic E-state index is 0.306. The van der Waals surface area contributed by atoms with Gasteiger partial charge in [0.05, 0.1) is 17.8 Å². The molecule has 1 N–H and O–H groups in total. The van der Waals surface area contributed by atoms with Gasteiger partial charge in [-0.3, -0.25) is 4.79 Å². The average molecular weight is 354 g/mol. The number of aryl methyl sites for hydroxylation is 1. The van der Waals surface area contributed by atoms with E-state index in [1.807, 2.05) is 19.1 Å². The van der Waals surface area contributed by atoms with Crippen molar-refractivity contribution in [3.8, 4) is 11.5 Å². The van der Waals surface area contributed by atoms with Crippen molar-refractivity contribution in [2.45, 2.75) is 20.0 Å². The van der Waals surface area contributed by atoms with Crippen LogP contribution in [-0.2, 0) is 4.79 Å². The number of hydrogen-bond acceptors (Lipinski definition) is 3. The number of amides is 1. The molecule has 0 aromatic heterocycles. The Hall–Kier alpha value is -1.91. The van der Waals surface area contributed by atoms with E-state index in [2.05, 4.69) is 5.32 Å². The monoisotopic (exact) mass is 353 g/mol. The highest BCUT2D eigenvalue weighted by atomic mass is 35.5. The number of ether oxygens (including phenoxy) is 2. The fraction of sp³-hybridized carbons (Fsp3) is 0.235. The number of carbonyl (C=O) groups excluding carboxylic acids is 1. The van der Waals surface area contributed by atoms with E-state index < -0.39 is 6.10 Å². The number of hydrogen-bond donors (Lipinski definition) is 1. The molecule has 0 aliphatic carbocycles. The summed E-state index contributed by atoms with van der Waals surface area (Å²) >= 11 is 11.9. The molecule has 122 valence electrons. The first-order chi connectivity index (χ1) is 10.9. The second-order valence-electron chi connectivity index (χ2n) is 5.03. The third kappa shape index (κ3) is 4.53. The van der Waals surface area contributed by atoms with E-state index in [4.69, 9.17) is 32.7 Å². The Kier molecular flexibility index (Phi) is 5.74. The van der Waals surface area contributed by atoms with Crippen molar-refractivity contribution in [1.82, 2.24) is 0 Å². The predicted octanol–water partition coefficient (Wildman–Crippen LogP) is 4.72. The quantitative estimate of drug-likeness (QED) is 0.845. The zero-order valence-electron chi connectivity index (χ0n) is 13.0. The molecule has 0 aliphatic heterocycles. The Morgan fingerprint density at radius 3 is 2.48 bits per heavy atom. The van der Waals surface area contributed by atoms with Crippen molar-refractivity contribution in [2.24, 2.45) is 0 Å². The molecule has 0 saturated carbocycles. The Labute approximate surface area is 145 Å². The standard InChI is InChI=1S/C17H17Cl2NO3/c1-10-4-6-16(22-3)14(8-10)20-17(21)11(2)23-15-7-5-12(18)9-13(15)19/h4-9,11H,1-3H3,(H,20,21). The molecule has 1 amide bonds. The Morgan fingerprint density at radius 2 is 1.83 bits per heavy atom. The Morgan fingerprint density at radius 1 is 1.13 bits per heavy atom. The largest absolute Gasteiger partial charge is 0.495 e. The summed E-state index contributed by atoms with van der Waals surface area (Å²) in [7, 11) is 1.55. The molecule has 1 unspecified atom stereocenters. The average Bonchev–Trinajstić information content (AvgIpc) is 2.50. The summed E-state index contributed by atoms with van der Waals surface area (Å²) in [6.07, 6.45) is -0.737. The van der Waals surface area contributed by atoms with Gasteiger partial charge in [0.2, 0.25) is 0 Å². The molecule has 0 heterocycles. The molecule has 0 fully saturated rings. The Bertz CT molecular complexity index is 719. The molecule has 1 atom stereocenters. The van der Waals surface area contributed by atoms with E-state index in [0.717, 1.165) is 5.56 Å². The molecule has 2 rings (SSSR count). The van der Waals surface area contributed by atoms with Gasteiger partial charge >= 0.3 is 0 Å². The van der Waals surface area contributed by atoms with E-state index in [1.165, 1.54) is 0 Å². The molecular weight excluding hydrogens is 337 g/mol. The number of benzene rings is 2. The van der Waals surface area contributed by atoms with Gasteiger partial charge in [0, 0.05) is 5.02 Å². The van der Waals surface area contributed by atoms with Crippen LogP contribution in [0.25, 0.3) is 0 Å². The number of methoxy groups -OCH3 is 1. The van der Waals surface area contributed by atoms with Crippen LogP contribution >= 0.6 is 23.2 Å². The van der Waals surface area contributed by atoms with Crippen molar-refractivity contribution < 1.29 is 14.3 Å². The lowest BCUT2D eigenvalue weighted by atomic mass is 10.2. The van der Waals surface area contributed by atoms with Crippen LogP contribution < -0.4 is 14.8 Å². The second-order valence-corrected chi connectivity index (χ2v) is 5.87. The van der Waals surface area contributed by atoms with Gasteiger partial charge in [0.25, 0.3) is 5.91 Å². The molecular formula is C17H17Cl2NO3. The molecule has 6 heteroatoms. The van der Waals surface area contributed by atoms with Gasteiger partial charge in [0.15, 0.2) is 6.10 Å². The molecule has 0 radical (unpaired) electrons.